The Morgan fingerprint density at radius 3 is 2.81 bits per heavy atom. The number of nitriles is 1. The lowest BCUT2D eigenvalue weighted by Crippen LogP contribution is -2.35. The molecule has 2 fully saturated rings. The Hall–Kier alpha value is -1.18. The second-order valence-electron chi connectivity index (χ2n) is 5.83. The normalized spacial score (nSPS) is 22.7. The molecule has 2 aliphatic heterocycles. The molecule has 0 spiro atoms. The third-order valence-corrected chi connectivity index (χ3v) is 5.52. The number of hydrogen-bond acceptors (Lipinski definition) is 4. The zero-order valence-electron chi connectivity index (χ0n) is 12.7. The molecule has 0 aliphatic carbocycles. The van der Waals surface area contributed by atoms with Crippen LogP contribution in [0.25, 0.3) is 0 Å². The number of benzene rings is 1. The summed E-state index contributed by atoms with van der Waals surface area (Å²) in [6, 6.07) is 9.40. The highest BCUT2D eigenvalue weighted by atomic mass is 32.2. The summed E-state index contributed by atoms with van der Waals surface area (Å²) in [5.74, 6) is 1.01. The summed E-state index contributed by atoms with van der Waals surface area (Å²) in [4.78, 5) is 6.18. The van der Waals surface area contributed by atoms with Gasteiger partial charge in [0, 0.05) is 24.0 Å². The molecule has 3 nitrogen and oxygen atoms in total. The number of rotatable bonds is 4. The molecule has 1 aromatic rings. The molecule has 2 heterocycles. The lowest BCUT2D eigenvalue weighted by Gasteiger charge is -2.25. The Morgan fingerprint density at radius 1 is 1.29 bits per heavy atom. The summed E-state index contributed by atoms with van der Waals surface area (Å²) in [5.41, 5.74) is 2.00. The van der Waals surface area contributed by atoms with E-state index in [1.807, 2.05) is 0 Å². The molecule has 2 saturated heterocycles. The summed E-state index contributed by atoms with van der Waals surface area (Å²) >= 11 is 1.77. The van der Waals surface area contributed by atoms with Crippen LogP contribution in [0.15, 0.2) is 23.1 Å². The minimum atomic E-state index is 0.682. The first-order valence-corrected chi connectivity index (χ1v) is 8.97. The van der Waals surface area contributed by atoms with Gasteiger partial charge in [-0.15, -0.1) is 11.8 Å². The minimum absolute atomic E-state index is 0.682. The number of nitrogens with zero attached hydrogens (tertiary/aromatic N) is 3. The molecule has 1 unspecified atom stereocenters. The molecular weight excluding hydrogens is 278 g/mol. The molecule has 1 atom stereocenters. The van der Waals surface area contributed by atoms with Crippen LogP contribution in [0, 0.1) is 11.3 Å². The van der Waals surface area contributed by atoms with Crippen molar-refractivity contribution in [3.05, 3.63) is 23.8 Å². The van der Waals surface area contributed by atoms with Crippen molar-refractivity contribution in [1.29, 1.82) is 5.26 Å². The molecule has 0 amide bonds. The highest BCUT2D eigenvalue weighted by molar-refractivity contribution is 7.99. The lowest BCUT2D eigenvalue weighted by molar-refractivity contribution is 0.260. The highest BCUT2D eigenvalue weighted by Gasteiger charge is 2.30. The maximum absolute atomic E-state index is 9.56. The zero-order valence-corrected chi connectivity index (χ0v) is 13.5. The molecule has 112 valence electrons. The molecular formula is C17H23N3S. The van der Waals surface area contributed by atoms with Gasteiger partial charge in [-0.2, -0.15) is 5.26 Å². The van der Waals surface area contributed by atoms with Gasteiger partial charge in [-0.05, 0) is 50.2 Å². The van der Waals surface area contributed by atoms with Gasteiger partial charge in [-0.25, -0.2) is 0 Å². The van der Waals surface area contributed by atoms with Crippen LogP contribution in [0.1, 0.15) is 31.7 Å². The van der Waals surface area contributed by atoms with E-state index < -0.39 is 0 Å². The molecule has 3 rings (SSSR count). The van der Waals surface area contributed by atoms with Gasteiger partial charge in [0.25, 0.3) is 0 Å². The maximum atomic E-state index is 9.56. The quantitative estimate of drug-likeness (QED) is 0.798. The molecule has 1 aromatic carbocycles. The van der Waals surface area contributed by atoms with Crippen LogP contribution in [-0.2, 0) is 0 Å². The SMILES string of the molecule is CCSc1cccc(N2CCC(N3CCCC3)C2)c1C#N. The van der Waals surface area contributed by atoms with Gasteiger partial charge < -0.3 is 4.90 Å². The van der Waals surface area contributed by atoms with Gasteiger partial charge in [0.1, 0.15) is 6.07 Å². The minimum Gasteiger partial charge on any atom is -0.369 e. The second kappa shape index (κ2) is 6.72. The molecule has 0 bridgehead atoms. The predicted molar refractivity (Wildman–Crippen MR) is 89.0 cm³/mol. The van der Waals surface area contributed by atoms with Crippen LogP contribution in [0.2, 0.25) is 0 Å². The molecule has 0 saturated carbocycles. The van der Waals surface area contributed by atoms with Gasteiger partial charge in [0.05, 0.1) is 11.3 Å². The van der Waals surface area contributed by atoms with E-state index in [9.17, 15) is 5.26 Å². The van der Waals surface area contributed by atoms with Crippen LogP contribution in [0.3, 0.4) is 0 Å². The molecule has 4 heteroatoms. The lowest BCUT2D eigenvalue weighted by atomic mass is 10.2. The first kappa shape index (κ1) is 14.7. The van der Waals surface area contributed by atoms with Crippen LogP contribution in [0.5, 0.6) is 0 Å². The smallest absolute Gasteiger partial charge is 0.103 e. The zero-order chi connectivity index (χ0) is 14.7. The first-order chi connectivity index (χ1) is 10.3. The predicted octanol–water partition coefficient (Wildman–Crippen LogP) is 3.34. The highest BCUT2D eigenvalue weighted by Crippen LogP contribution is 2.33. The third-order valence-electron chi connectivity index (χ3n) is 4.58. The molecule has 0 aromatic heterocycles. The Morgan fingerprint density at radius 2 is 2.10 bits per heavy atom. The fraction of sp³-hybridized carbons (Fsp3) is 0.588. The number of anilines is 1. The number of likely N-dealkylation sites (tertiary alicyclic amines) is 1. The van der Waals surface area contributed by atoms with E-state index in [-0.39, 0.29) is 0 Å². The van der Waals surface area contributed by atoms with Crippen molar-refractivity contribution >= 4 is 17.4 Å². The summed E-state index contributed by atoms with van der Waals surface area (Å²) in [5, 5.41) is 9.56. The van der Waals surface area contributed by atoms with Gasteiger partial charge >= 0.3 is 0 Å². The summed E-state index contributed by atoms with van der Waals surface area (Å²) in [6.45, 7) is 6.81. The summed E-state index contributed by atoms with van der Waals surface area (Å²) in [7, 11) is 0. The van der Waals surface area contributed by atoms with Crippen molar-refractivity contribution < 1.29 is 0 Å². The van der Waals surface area contributed by atoms with E-state index in [1.54, 1.807) is 11.8 Å². The third kappa shape index (κ3) is 3.04. The summed E-state index contributed by atoms with van der Waals surface area (Å²) < 4.78 is 0. The first-order valence-electron chi connectivity index (χ1n) is 7.98. The fourth-order valence-corrected chi connectivity index (χ4v) is 4.32. The van der Waals surface area contributed by atoms with Gasteiger partial charge in [0.15, 0.2) is 0 Å². The Balaban J connectivity index is 1.78. The standard InChI is InChI=1S/C17H23N3S/c1-2-21-17-7-5-6-16(15(17)12-18)20-11-8-14(13-20)19-9-3-4-10-19/h5-7,14H,2-4,8-11,13H2,1H3. The molecule has 0 N–H and O–H groups in total. The van der Waals surface area contributed by atoms with Crippen molar-refractivity contribution in [3.8, 4) is 6.07 Å². The van der Waals surface area contributed by atoms with E-state index in [0.717, 1.165) is 35.0 Å². The van der Waals surface area contributed by atoms with E-state index >= 15 is 0 Å². The largest absolute Gasteiger partial charge is 0.369 e. The number of hydrogen-bond donors (Lipinski definition) is 0. The van der Waals surface area contributed by atoms with Crippen molar-refractivity contribution in [2.75, 3.05) is 36.8 Å². The van der Waals surface area contributed by atoms with E-state index in [2.05, 4.69) is 41.0 Å². The van der Waals surface area contributed by atoms with Crippen LogP contribution >= 0.6 is 11.8 Å². The van der Waals surface area contributed by atoms with Crippen molar-refractivity contribution in [2.24, 2.45) is 0 Å². The van der Waals surface area contributed by atoms with Crippen molar-refractivity contribution in [1.82, 2.24) is 4.90 Å². The average Bonchev–Trinajstić information content (AvgIpc) is 3.18. The molecule has 0 radical (unpaired) electrons. The Labute approximate surface area is 131 Å². The second-order valence-corrected chi connectivity index (χ2v) is 7.13. The van der Waals surface area contributed by atoms with E-state index in [1.165, 1.54) is 32.4 Å². The van der Waals surface area contributed by atoms with E-state index in [0.29, 0.717) is 6.04 Å². The average molecular weight is 301 g/mol. The molecule has 2 aliphatic rings. The van der Waals surface area contributed by atoms with Crippen molar-refractivity contribution in [2.45, 2.75) is 37.1 Å². The Kier molecular flexibility index (Phi) is 4.72. The topological polar surface area (TPSA) is 30.3 Å². The maximum Gasteiger partial charge on any atom is 0.103 e. The van der Waals surface area contributed by atoms with Crippen molar-refractivity contribution in [3.63, 3.8) is 0 Å². The van der Waals surface area contributed by atoms with Gasteiger partial charge in [-0.1, -0.05) is 13.0 Å². The summed E-state index contributed by atoms with van der Waals surface area (Å²) in [6.07, 6.45) is 3.93. The fourth-order valence-electron chi connectivity index (χ4n) is 3.54. The van der Waals surface area contributed by atoms with Crippen LogP contribution < -0.4 is 4.90 Å². The van der Waals surface area contributed by atoms with Gasteiger partial charge in [-0.3, -0.25) is 4.90 Å². The van der Waals surface area contributed by atoms with Gasteiger partial charge in [0.2, 0.25) is 0 Å². The number of thioether (sulfide) groups is 1. The molecule has 21 heavy (non-hydrogen) atoms. The monoisotopic (exact) mass is 301 g/mol. The Bertz CT molecular complexity index is 531. The van der Waals surface area contributed by atoms with E-state index in [4.69, 9.17) is 0 Å². The van der Waals surface area contributed by atoms with Crippen LogP contribution in [0.4, 0.5) is 5.69 Å². The van der Waals surface area contributed by atoms with Crippen LogP contribution in [-0.4, -0.2) is 42.9 Å².